The predicted octanol–water partition coefficient (Wildman–Crippen LogP) is 5.33. The number of carbonyl (C=O) groups excluding carboxylic acids is 1. The van der Waals surface area contributed by atoms with Crippen LogP contribution in [-0.2, 0) is 5.72 Å². The number of benzene rings is 3. The van der Waals surface area contributed by atoms with Crippen molar-refractivity contribution in [1.82, 2.24) is 0 Å². The number of hydrogen-bond acceptors (Lipinski definition) is 2. The maximum atomic E-state index is 13.5. The van der Waals surface area contributed by atoms with E-state index in [9.17, 15) is 9.90 Å². The van der Waals surface area contributed by atoms with Crippen LogP contribution in [0.3, 0.4) is 0 Å². The summed E-state index contributed by atoms with van der Waals surface area (Å²) in [6.45, 7) is 3.86. The number of rotatable bonds is 3. The fourth-order valence-corrected chi connectivity index (χ4v) is 3.90. The van der Waals surface area contributed by atoms with E-state index in [2.05, 4.69) is 0 Å². The second kappa shape index (κ2) is 6.97. The molecule has 0 bridgehead atoms. The smallest absolute Gasteiger partial charge is 0.332 e. The zero-order chi connectivity index (χ0) is 19.9. The van der Waals surface area contributed by atoms with Gasteiger partial charge in [-0.25, -0.2) is 4.79 Å². The molecule has 28 heavy (non-hydrogen) atoms. The fraction of sp³-hybridized carbons (Fsp3) is 0.174. The molecule has 5 heteroatoms. The van der Waals surface area contributed by atoms with E-state index in [-0.39, 0.29) is 6.03 Å². The maximum absolute atomic E-state index is 13.5. The number of carbonyl (C=O) groups is 1. The van der Waals surface area contributed by atoms with Crippen LogP contribution < -0.4 is 9.80 Å². The van der Waals surface area contributed by atoms with Gasteiger partial charge in [0.1, 0.15) is 0 Å². The minimum atomic E-state index is -1.53. The Bertz CT molecular complexity index is 989. The van der Waals surface area contributed by atoms with Gasteiger partial charge in [0, 0.05) is 22.0 Å². The van der Waals surface area contributed by atoms with Gasteiger partial charge in [-0.05, 0) is 50.2 Å². The average molecular weight is 393 g/mol. The third-order valence-electron chi connectivity index (χ3n) is 5.30. The molecule has 0 radical (unpaired) electrons. The Kier molecular flexibility index (Phi) is 4.61. The number of aryl methyl sites for hydroxylation is 1. The van der Waals surface area contributed by atoms with Gasteiger partial charge >= 0.3 is 6.03 Å². The highest BCUT2D eigenvalue weighted by Gasteiger charge is 2.56. The van der Waals surface area contributed by atoms with E-state index in [0.717, 1.165) is 11.3 Å². The summed E-state index contributed by atoms with van der Waals surface area (Å²) in [6.07, 6.45) is 0. The van der Waals surface area contributed by atoms with Gasteiger partial charge in [0.2, 0.25) is 0 Å². The SMILES string of the molecule is Cc1ccc(N2C(=O)N(c3ccc(Cl)cc3)C(O)(c3ccccc3)C2C)cc1. The Morgan fingerprint density at radius 2 is 1.46 bits per heavy atom. The van der Waals surface area contributed by atoms with Gasteiger partial charge in [0.25, 0.3) is 0 Å². The molecule has 142 valence electrons. The molecule has 3 aromatic carbocycles. The number of halogens is 1. The van der Waals surface area contributed by atoms with Gasteiger partial charge in [-0.2, -0.15) is 0 Å². The quantitative estimate of drug-likeness (QED) is 0.654. The van der Waals surface area contributed by atoms with Crippen LogP contribution in [0.2, 0.25) is 5.02 Å². The molecule has 0 aromatic heterocycles. The fourth-order valence-electron chi connectivity index (χ4n) is 3.78. The highest BCUT2D eigenvalue weighted by molar-refractivity contribution is 6.30. The van der Waals surface area contributed by atoms with Crippen molar-refractivity contribution in [3.8, 4) is 0 Å². The van der Waals surface area contributed by atoms with Gasteiger partial charge < -0.3 is 5.11 Å². The van der Waals surface area contributed by atoms with E-state index in [1.165, 1.54) is 4.90 Å². The zero-order valence-electron chi connectivity index (χ0n) is 15.7. The third-order valence-corrected chi connectivity index (χ3v) is 5.56. The van der Waals surface area contributed by atoms with Crippen molar-refractivity contribution >= 4 is 29.0 Å². The Labute approximate surface area is 169 Å². The largest absolute Gasteiger partial charge is 0.365 e. The van der Waals surface area contributed by atoms with E-state index in [1.54, 1.807) is 29.2 Å². The Morgan fingerprint density at radius 3 is 2.07 bits per heavy atom. The molecular weight excluding hydrogens is 372 g/mol. The van der Waals surface area contributed by atoms with Crippen molar-refractivity contribution in [2.24, 2.45) is 0 Å². The van der Waals surface area contributed by atoms with Crippen LogP contribution in [0.5, 0.6) is 0 Å². The first kappa shape index (κ1) is 18.5. The van der Waals surface area contributed by atoms with Crippen LogP contribution in [0.4, 0.5) is 16.2 Å². The first-order valence-corrected chi connectivity index (χ1v) is 9.54. The van der Waals surface area contributed by atoms with E-state index < -0.39 is 11.8 Å². The summed E-state index contributed by atoms with van der Waals surface area (Å²) in [5.41, 5.74) is 1.56. The lowest BCUT2D eigenvalue weighted by atomic mass is 9.94. The van der Waals surface area contributed by atoms with E-state index >= 15 is 0 Å². The summed E-state index contributed by atoms with van der Waals surface area (Å²) in [7, 11) is 0. The van der Waals surface area contributed by atoms with Crippen molar-refractivity contribution in [3.05, 3.63) is 95.0 Å². The molecule has 4 rings (SSSR count). The van der Waals surface area contributed by atoms with Crippen molar-refractivity contribution in [1.29, 1.82) is 0 Å². The molecule has 4 nitrogen and oxygen atoms in total. The van der Waals surface area contributed by atoms with Crippen molar-refractivity contribution < 1.29 is 9.90 Å². The Balaban J connectivity index is 1.89. The van der Waals surface area contributed by atoms with Crippen molar-refractivity contribution in [2.75, 3.05) is 9.80 Å². The number of urea groups is 1. The van der Waals surface area contributed by atoms with Gasteiger partial charge in [-0.15, -0.1) is 0 Å². The monoisotopic (exact) mass is 392 g/mol. The average Bonchev–Trinajstić information content (AvgIpc) is 2.91. The topological polar surface area (TPSA) is 43.8 Å². The lowest BCUT2D eigenvalue weighted by molar-refractivity contribution is 0.0372. The van der Waals surface area contributed by atoms with Gasteiger partial charge in [0.15, 0.2) is 5.72 Å². The molecule has 2 amide bonds. The van der Waals surface area contributed by atoms with Crippen molar-refractivity contribution in [3.63, 3.8) is 0 Å². The van der Waals surface area contributed by atoms with E-state index in [1.807, 2.05) is 68.4 Å². The molecule has 0 spiro atoms. The molecule has 1 heterocycles. The summed E-state index contributed by atoms with van der Waals surface area (Å²) in [4.78, 5) is 16.6. The number of hydrogen-bond donors (Lipinski definition) is 1. The third kappa shape index (κ3) is 2.86. The van der Waals surface area contributed by atoms with Gasteiger partial charge in [0.05, 0.1) is 6.04 Å². The number of nitrogens with zero attached hydrogens (tertiary/aromatic N) is 2. The second-order valence-electron chi connectivity index (χ2n) is 7.07. The highest BCUT2D eigenvalue weighted by Crippen LogP contribution is 2.44. The first-order valence-electron chi connectivity index (χ1n) is 9.16. The molecule has 2 unspecified atom stereocenters. The molecule has 1 aliphatic rings. The normalized spacial score (nSPS) is 22.0. The molecule has 1 N–H and O–H groups in total. The lowest BCUT2D eigenvalue weighted by Gasteiger charge is -2.35. The van der Waals surface area contributed by atoms with Crippen LogP contribution in [0.25, 0.3) is 0 Å². The second-order valence-corrected chi connectivity index (χ2v) is 7.50. The van der Waals surface area contributed by atoms with Gasteiger partial charge in [-0.1, -0.05) is 59.6 Å². The van der Waals surface area contributed by atoms with Crippen LogP contribution in [0, 0.1) is 6.92 Å². The van der Waals surface area contributed by atoms with Gasteiger partial charge in [-0.3, -0.25) is 9.80 Å². The Morgan fingerprint density at radius 1 is 0.893 bits per heavy atom. The van der Waals surface area contributed by atoms with E-state index in [4.69, 9.17) is 11.6 Å². The molecule has 3 aromatic rings. The van der Waals surface area contributed by atoms with Crippen molar-refractivity contribution in [2.45, 2.75) is 25.6 Å². The molecule has 0 aliphatic carbocycles. The van der Waals surface area contributed by atoms with Crippen LogP contribution in [0.1, 0.15) is 18.1 Å². The number of amides is 2. The van der Waals surface area contributed by atoms with Crippen LogP contribution in [-0.4, -0.2) is 17.2 Å². The summed E-state index contributed by atoms with van der Waals surface area (Å²) in [5, 5.41) is 12.5. The lowest BCUT2D eigenvalue weighted by Crippen LogP contribution is -2.48. The zero-order valence-corrected chi connectivity index (χ0v) is 16.5. The maximum Gasteiger partial charge on any atom is 0.332 e. The highest BCUT2D eigenvalue weighted by atomic mass is 35.5. The Hall–Kier alpha value is -2.82. The number of anilines is 2. The first-order chi connectivity index (χ1) is 13.4. The molecule has 1 aliphatic heterocycles. The number of aliphatic hydroxyl groups is 1. The summed E-state index contributed by atoms with van der Waals surface area (Å²) >= 11 is 6.03. The van der Waals surface area contributed by atoms with Crippen LogP contribution in [0.15, 0.2) is 78.9 Å². The minimum Gasteiger partial charge on any atom is -0.365 e. The summed E-state index contributed by atoms with van der Waals surface area (Å²) in [6, 6.07) is 23.1. The predicted molar refractivity (Wildman–Crippen MR) is 113 cm³/mol. The van der Waals surface area contributed by atoms with Crippen LogP contribution >= 0.6 is 11.6 Å². The van der Waals surface area contributed by atoms with E-state index in [0.29, 0.717) is 16.3 Å². The molecule has 0 saturated carbocycles. The molecule has 1 fully saturated rings. The summed E-state index contributed by atoms with van der Waals surface area (Å²) < 4.78 is 0. The summed E-state index contributed by atoms with van der Waals surface area (Å²) in [5.74, 6) is 0. The molecule has 2 atom stereocenters. The standard InChI is InChI=1S/C23H21ClN2O2/c1-16-8-12-20(13-9-16)25-17(2)23(28,18-6-4-3-5-7-18)26(22(25)27)21-14-10-19(24)11-15-21/h3-15,17,28H,1-2H3. The minimum absolute atomic E-state index is 0.287. The molecule has 1 saturated heterocycles. The molecular formula is C23H21ClN2O2.